The Bertz CT molecular complexity index is 703. The molecule has 18 heteroatoms. The third-order valence-electron chi connectivity index (χ3n) is 4.89. The molecule has 1 aromatic carbocycles. The Hall–Kier alpha value is 0.300. The van der Waals surface area contributed by atoms with E-state index in [-0.39, 0.29) is 85.0 Å². The van der Waals surface area contributed by atoms with Crippen LogP contribution in [0.25, 0.3) is 0 Å². The van der Waals surface area contributed by atoms with Gasteiger partial charge in [0.15, 0.2) is 0 Å². The van der Waals surface area contributed by atoms with E-state index in [1.165, 1.54) is 0 Å². The van der Waals surface area contributed by atoms with Crippen LogP contribution in [-0.4, -0.2) is 132 Å². The number of carbonyl (C=O) groups is 1. The summed E-state index contributed by atoms with van der Waals surface area (Å²) < 4.78 is 13.1. The van der Waals surface area contributed by atoms with Gasteiger partial charge in [0, 0.05) is 25.1 Å². The zero-order chi connectivity index (χ0) is 29.7. The van der Waals surface area contributed by atoms with Crippen LogP contribution in [0.3, 0.4) is 0 Å². The number of ether oxygens (including phenoxy) is 1. The van der Waals surface area contributed by atoms with Gasteiger partial charge in [-0.3, -0.25) is 0 Å². The maximum Gasteiger partial charge on any atom is 1.00 e. The molecule has 224 valence electrons. The van der Waals surface area contributed by atoms with Gasteiger partial charge >= 0.3 is 59.1 Å². The van der Waals surface area contributed by atoms with Gasteiger partial charge in [-0.2, -0.15) is 0 Å². The molecule has 0 bridgehead atoms. The molecule has 1 aliphatic heterocycles. The summed E-state index contributed by atoms with van der Waals surface area (Å²) in [5.74, 6) is -1.72. The van der Waals surface area contributed by atoms with Gasteiger partial charge in [0.1, 0.15) is 24.5 Å². The quantitative estimate of drug-likeness (QED) is 0.102. The van der Waals surface area contributed by atoms with Gasteiger partial charge in [-0.25, -0.2) is 11.9 Å². The van der Waals surface area contributed by atoms with Crippen molar-refractivity contribution < 1.29 is 129 Å². The molecule has 8 atom stereocenters. The smallest absolute Gasteiger partial charge is 0.769 e. The molecule has 15 nitrogen and oxygen atoms in total. The van der Waals surface area contributed by atoms with Gasteiger partial charge in [-0.15, -0.1) is 0 Å². The average Bonchev–Trinajstić information content (AvgIpc) is 2.92. The first-order chi connectivity index (χ1) is 18.0. The molecule has 0 radical (unpaired) electrons. The van der Waals surface area contributed by atoms with Crippen LogP contribution < -0.4 is 74.2 Å². The fourth-order valence-electron chi connectivity index (χ4n) is 2.64. The fraction of sp³-hybridized carbons (Fsp3) is 0.682. The maximum absolute atomic E-state index is 9.93. The van der Waals surface area contributed by atoms with E-state index in [0.717, 1.165) is 5.69 Å². The maximum atomic E-state index is 9.93. The molecule has 0 aromatic heterocycles. The predicted octanol–water partition coefficient (Wildman–Crippen LogP) is -11.6. The Balaban J connectivity index is -0.000000237. The summed E-state index contributed by atoms with van der Waals surface area (Å²) in [7, 11) is 0. The van der Waals surface area contributed by atoms with E-state index in [2.05, 4.69) is 17.2 Å². The standard InChI is InChI=1S/C11H15NO3.C6H12O6.C5H12O4.ClO.2Na/c13-9-6-11(15-7-10(9)14)12-8-4-2-1-3-5-8;7-2-5(10)3(8)1-4(9)6(11)12;6-2-1-4(8)5(9)3-7;1-2;;/h1-5,9-14H,6-7H2;3-5,7-10H,1-2H2,(H,11,12);4-9H,1-3H2;;;/q;;;-1;2*+1/p-1/t9-,10+,11-;3-,4-,5+;4-,5+;;;/m000.../s1. The number of benzene rings is 1. The van der Waals surface area contributed by atoms with Gasteiger partial charge in [-0.05, 0) is 18.6 Å². The van der Waals surface area contributed by atoms with Crippen LogP contribution in [-0.2, 0) is 9.53 Å². The van der Waals surface area contributed by atoms with Crippen molar-refractivity contribution in [2.24, 2.45) is 0 Å². The second-order valence-corrected chi connectivity index (χ2v) is 7.92. The van der Waals surface area contributed by atoms with Crippen molar-refractivity contribution in [3.05, 3.63) is 30.3 Å². The number of anilines is 1. The molecular weight excluding hydrogens is 584 g/mol. The summed E-state index contributed by atoms with van der Waals surface area (Å²) in [4.78, 5) is 9.93. The Labute approximate surface area is 281 Å². The molecule has 0 spiro atoms. The topological polar surface area (TPSA) is 287 Å². The van der Waals surface area contributed by atoms with E-state index < -0.39 is 68.3 Å². The average molecular weight is 622 g/mol. The molecule has 0 aliphatic carbocycles. The molecule has 0 amide bonds. The first-order valence-corrected chi connectivity index (χ1v) is 11.7. The van der Waals surface area contributed by atoms with Crippen LogP contribution in [0.5, 0.6) is 0 Å². The summed E-state index contributed by atoms with van der Waals surface area (Å²) in [6.45, 7) is -1.17. The van der Waals surface area contributed by atoms with Crippen LogP contribution in [0.2, 0.25) is 0 Å². The molecule has 1 heterocycles. The SMILES string of the molecule is O=C([O-])[C@@H](O)C[C@H](O)[C@H](O)CO.OCC[C@H](O)[C@H](O)CO.O[C@@H]1CO[C@H](Nc2ccccc2)C[C@@H]1O.[Na+].[Na+].[O-]Cl. The van der Waals surface area contributed by atoms with Gasteiger partial charge in [0.25, 0.3) is 0 Å². The monoisotopic (exact) mass is 621 g/mol. The fourth-order valence-corrected chi connectivity index (χ4v) is 2.64. The number of carboxylic acids is 1. The molecule has 11 N–H and O–H groups in total. The molecule has 1 aromatic rings. The summed E-state index contributed by atoms with van der Waals surface area (Å²) in [6.07, 6.45) is -8.66. The minimum Gasteiger partial charge on any atom is -0.769 e. The molecule has 40 heavy (non-hydrogen) atoms. The Morgan fingerprint density at radius 1 is 0.900 bits per heavy atom. The molecule has 1 aliphatic rings. The van der Waals surface area contributed by atoms with E-state index >= 15 is 0 Å². The van der Waals surface area contributed by atoms with Crippen molar-refractivity contribution in [1.82, 2.24) is 0 Å². The van der Waals surface area contributed by atoms with Gasteiger partial charge < -0.3 is 75.7 Å². The third kappa shape index (κ3) is 22.8. The predicted molar refractivity (Wildman–Crippen MR) is 128 cm³/mol. The number of carboxylic acid groups (broad SMARTS) is 1. The summed E-state index contributed by atoms with van der Waals surface area (Å²) in [6, 6.07) is 9.65. The Morgan fingerprint density at radius 3 is 1.82 bits per heavy atom. The molecule has 2 rings (SSSR count). The summed E-state index contributed by atoms with van der Waals surface area (Å²) in [5.41, 5.74) is 0.950. The Kier molecular flexibility index (Phi) is 34.7. The number of nitrogens with one attached hydrogen (secondary N) is 1. The van der Waals surface area contributed by atoms with Gasteiger partial charge in [0.05, 0.1) is 50.2 Å². The number of aliphatic hydroxyl groups excluding tert-OH is 10. The summed E-state index contributed by atoms with van der Waals surface area (Å²) >= 11 is 3.39. The number of aliphatic carboxylic acids is 1. The van der Waals surface area contributed by atoms with E-state index in [1.54, 1.807) is 0 Å². The summed E-state index contributed by atoms with van der Waals surface area (Å²) in [5, 5.41) is 100. The van der Waals surface area contributed by atoms with Crippen LogP contribution in [0.4, 0.5) is 5.69 Å². The number of rotatable bonds is 11. The second kappa shape index (κ2) is 29.4. The number of carbonyl (C=O) groups excluding carboxylic acids is 1. The normalized spacial score (nSPS) is 21.2. The molecular formula is C22H38ClNNa2O14. The van der Waals surface area contributed by atoms with Crippen molar-refractivity contribution in [1.29, 1.82) is 0 Å². The van der Waals surface area contributed by atoms with E-state index in [0.29, 0.717) is 6.42 Å². The molecule has 1 saturated heterocycles. The second-order valence-electron chi connectivity index (χ2n) is 7.92. The van der Waals surface area contributed by atoms with E-state index in [1.807, 2.05) is 30.3 Å². The molecule has 0 saturated carbocycles. The zero-order valence-electron chi connectivity index (χ0n) is 22.4. The van der Waals surface area contributed by atoms with Gasteiger partial charge in [-0.1, -0.05) is 18.2 Å². The Morgan fingerprint density at radius 2 is 1.40 bits per heavy atom. The molecule has 1 fully saturated rings. The molecule has 0 unspecified atom stereocenters. The minimum atomic E-state index is -1.83. The van der Waals surface area contributed by atoms with Crippen LogP contribution in [0.15, 0.2) is 30.3 Å². The van der Waals surface area contributed by atoms with E-state index in [9.17, 15) is 20.1 Å². The minimum absolute atomic E-state index is 0. The number of aliphatic hydroxyl groups is 10. The first kappa shape index (κ1) is 47.2. The number of hydrogen-bond acceptors (Lipinski definition) is 15. The first-order valence-electron chi connectivity index (χ1n) is 11.3. The van der Waals surface area contributed by atoms with E-state index in [4.69, 9.17) is 50.2 Å². The van der Waals surface area contributed by atoms with Crippen molar-refractivity contribution in [2.75, 3.05) is 31.7 Å². The van der Waals surface area contributed by atoms with Crippen LogP contribution in [0.1, 0.15) is 19.3 Å². The number of hydrogen-bond donors (Lipinski definition) is 11. The zero-order valence-corrected chi connectivity index (χ0v) is 27.2. The third-order valence-corrected chi connectivity index (χ3v) is 4.89. The number of halogens is 1. The largest absolute Gasteiger partial charge is 1.00 e. The van der Waals surface area contributed by atoms with Crippen molar-refractivity contribution in [3.8, 4) is 0 Å². The van der Waals surface area contributed by atoms with Crippen LogP contribution in [0, 0.1) is 0 Å². The van der Waals surface area contributed by atoms with Crippen molar-refractivity contribution >= 4 is 23.5 Å². The van der Waals surface area contributed by atoms with Gasteiger partial charge in [0.2, 0.25) is 0 Å². The van der Waals surface area contributed by atoms with Crippen LogP contribution >= 0.6 is 11.9 Å². The van der Waals surface area contributed by atoms with Crippen molar-refractivity contribution in [2.45, 2.75) is 68.2 Å². The number of para-hydroxylation sites is 1. The van der Waals surface area contributed by atoms with Crippen molar-refractivity contribution in [3.63, 3.8) is 0 Å².